The average Bonchev–Trinajstić information content (AvgIpc) is 2.66. The minimum absolute atomic E-state index is 0.0568. The molecule has 0 fully saturated rings. The lowest BCUT2D eigenvalue weighted by atomic mass is 10.0. The molecular formula is C19H22FNO5. The first-order valence-corrected chi connectivity index (χ1v) is 8.16. The molecule has 2 rings (SSSR count). The highest BCUT2D eigenvalue weighted by Gasteiger charge is 2.23. The van der Waals surface area contributed by atoms with E-state index in [0.717, 1.165) is 5.56 Å². The molecule has 0 heterocycles. The van der Waals surface area contributed by atoms with E-state index in [4.69, 9.17) is 9.47 Å². The van der Waals surface area contributed by atoms with Crippen molar-refractivity contribution in [3.8, 4) is 5.75 Å². The number of hydrogen-bond donors (Lipinski definition) is 3. The summed E-state index contributed by atoms with van der Waals surface area (Å²) in [4.78, 5) is 11.6. The lowest BCUT2D eigenvalue weighted by Gasteiger charge is -2.20. The molecule has 2 atom stereocenters. The number of amides is 1. The highest BCUT2D eigenvalue weighted by atomic mass is 19.1. The number of nitrogens with one attached hydrogen (secondary N) is 1. The maximum Gasteiger partial charge on any atom is 0.407 e. The van der Waals surface area contributed by atoms with Gasteiger partial charge in [0.15, 0.2) is 11.6 Å². The molecule has 7 heteroatoms. The van der Waals surface area contributed by atoms with Gasteiger partial charge in [0.05, 0.1) is 13.2 Å². The molecule has 1 amide bonds. The molecule has 2 unspecified atom stereocenters. The van der Waals surface area contributed by atoms with E-state index >= 15 is 0 Å². The number of ether oxygens (including phenoxy) is 2. The van der Waals surface area contributed by atoms with Crippen LogP contribution in [0.5, 0.6) is 5.75 Å². The molecule has 3 N–H and O–H groups in total. The quantitative estimate of drug-likeness (QED) is 0.671. The standard InChI is InChI=1S/C19H22FNO5/c1-25-18-14(8-5-9-15(18)20)17(23)16(22)10-11-21-19(24)26-12-13-6-3-2-4-7-13/h2-9,16-17,22-23H,10-12H2,1H3,(H,21,24). The first-order valence-electron chi connectivity index (χ1n) is 8.16. The Balaban J connectivity index is 1.78. The third-order valence-corrected chi connectivity index (χ3v) is 3.81. The Bertz CT molecular complexity index is 710. The number of benzene rings is 2. The van der Waals surface area contributed by atoms with Crippen molar-refractivity contribution in [1.82, 2.24) is 5.32 Å². The molecular weight excluding hydrogens is 341 g/mol. The smallest absolute Gasteiger partial charge is 0.407 e. The molecule has 0 spiro atoms. The fraction of sp³-hybridized carbons (Fsp3) is 0.316. The van der Waals surface area contributed by atoms with Gasteiger partial charge in [0.2, 0.25) is 0 Å². The molecule has 0 aromatic heterocycles. The SMILES string of the molecule is COc1c(F)cccc1C(O)C(O)CCNC(=O)OCc1ccccc1. The van der Waals surface area contributed by atoms with Crippen molar-refractivity contribution >= 4 is 6.09 Å². The van der Waals surface area contributed by atoms with Crippen molar-refractivity contribution in [3.05, 3.63) is 65.5 Å². The van der Waals surface area contributed by atoms with Crippen LogP contribution in [0.2, 0.25) is 0 Å². The number of rotatable bonds is 8. The molecule has 140 valence electrons. The van der Waals surface area contributed by atoms with Gasteiger partial charge in [0, 0.05) is 12.1 Å². The van der Waals surface area contributed by atoms with Gasteiger partial charge in [-0.2, -0.15) is 0 Å². The minimum atomic E-state index is -1.34. The Morgan fingerprint density at radius 2 is 1.88 bits per heavy atom. The zero-order chi connectivity index (χ0) is 18.9. The fourth-order valence-electron chi connectivity index (χ4n) is 2.44. The van der Waals surface area contributed by atoms with Crippen molar-refractivity contribution in [3.63, 3.8) is 0 Å². The van der Waals surface area contributed by atoms with E-state index in [2.05, 4.69) is 5.32 Å². The second kappa shape index (κ2) is 9.74. The predicted octanol–water partition coefficient (Wildman–Crippen LogP) is 2.55. The van der Waals surface area contributed by atoms with Crippen molar-refractivity contribution in [2.24, 2.45) is 0 Å². The second-order valence-corrected chi connectivity index (χ2v) is 5.65. The number of methoxy groups -OCH3 is 1. The summed E-state index contributed by atoms with van der Waals surface area (Å²) in [6.45, 7) is 0.224. The number of para-hydroxylation sites is 1. The van der Waals surface area contributed by atoms with E-state index in [-0.39, 0.29) is 30.9 Å². The number of alkyl carbamates (subject to hydrolysis) is 1. The van der Waals surface area contributed by atoms with Gasteiger partial charge in [-0.25, -0.2) is 9.18 Å². The Kier molecular flexibility index (Phi) is 7.37. The van der Waals surface area contributed by atoms with E-state index in [1.807, 2.05) is 30.3 Å². The van der Waals surface area contributed by atoms with Crippen molar-refractivity contribution < 1.29 is 28.9 Å². The van der Waals surface area contributed by atoms with Crippen LogP contribution in [0.1, 0.15) is 23.7 Å². The first-order chi connectivity index (χ1) is 12.5. The van der Waals surface area contributed by atoms with E-state index in [9.17, 15) is 19.4 Å². The Morgan fingerprint density at radius 3 is 2.58 bits per heavy atom. The molecule has 0 radical (unpaired) electrons. The van der Waals surface area contributed by atoms with Crippen LogP contribution in [0, 0.1) is 5.82 Å². The van der Waals surface area contributed by atoms with Gasteiger partial charge in [-0.05, 0) is 18.1 Å². The first kappa shape index (κ1) is 19.7. The van der Waals surface area contributed by atoms with E-state index in [0.29, 0.717) is 0 Å². The maximum atomic E-state index is 13.7. The molecule has 0 bridgehead atoms. The van der Waals surface area contributed by atoms with Crippen LogP contribution in [0.15, 0.2) is 48.5 Å². The van der Waals surface area contributed by atoms with Crippen molar-refractivity contribution in [1.29, 1.82) is 0 Å². The molecule has 0 aliphatic rings. The van der Waals surface area contributed by atoms with Crippen LogP contribution in [-0.2, 0) is 11.3 Å². The summed E-state index contributed by atoms with van der Waals surface area (Å²) >= 11 is 0. The normalized spacial score (nSPS) is 12.9. The molecule has 0 saturated carbocycles. The van der Waals surface area contributed by atoms with Gasteiger partial charge in [0.25, 0.3) is 0 Å². The Labute approximate surface area is 151 Å². The zero-order valence-electron chi connectivity index (χ0n) is 14.4. The third kappa shape index (κ3) is 5.44. The zero-order valence-corrected chi connectivity index (χ0v) is 14.4. The highest BCUT2D eigenvalue weighted by Crippen LogP contribution is 2.30. The van der Waals surface area contributed by atoms with Gasteiger partial charge in [0.1, 0.15) is 12.7 Å². The summed E-state index contributed by atoms with van der Waals surface area (Å²) < 4.78 is 23.6. The summed E-state index contributed by atoms with van der Waals surface area (Å²) in [7, 11) is 1.28. The van der Waals surface area contributed by atoms with E-state index in [1.54, 1.807) is 0 Å². The fourth-order valence-corrected chi connectivity index (χ4v) is 2.44. The maximum absolute atomic E-state index is 13.7. The van der Waals surface area contributed by atoms with E-state index in [1.165, 1.54) is 25.3 Å². The molecule has 2 aromatic rings. The van der Waals surface area contributed by atoms with Crippen LogP contribution in [-0.4, -0.2) is 36.1 Å². The van der Waals surface area contributed by atoms with Gasteiger partial charge in [-0.3, -0.25) is 0 Å². The van der Waals surface area contributed by atoms with Gasteiger partial charge in [-0.15, -0.1) is 0 Å². The third-order valence-electron chi connectivity index (χ3n) is 3.81. The number of aliphatic hydroxyl groups is 2. The van der Waals surface area contributed by atoms with Gasteiger partial charge in [-0.1, -0.05) is 42.5 Å². The average molecular weight is 363 g/mol. The van der Waals surface area contributed by atoms with Crippen LogP contribution in [0.3, 0.4) is 0 Å². The molecule has 2 aromatic carbocycles. The van der Waals surface area contributed by atoms with Crippen LogP contribution in [0.25, 0.3) is 0 Å². The molecule has 0 aliphatic heterocycles. The second-order valence-electron chi connectivity index (χ2n) is 5.65. The lowest BCUT2D eigenvalue weighted by molar-refractivity contribution is 0.0120. The Hall–Kier alpha value is -2.64. The summed E-state index contributed by atoms with van der Waals surface area (Å²) in [5.41, 5.74) is 1.00. The summed E-state index contributed by atoms with van der Waals surface area (Å²) in [5, 5.41) is 22.8. The number of carbonyl (C=O) groups excluding carboxylic acids is 1. The molecule has 6 nitrogen and oxygen atoms in total. The topological polar surface area (TPSA) is 88.0 Å². The van der Waals surface area contributed by atoms with Crippen LogP contribution >= 0.6 is 0 Å². The number of aliphatic hydroxyl groups excluding tert-OH is 2. The number of halogens is 1. The molecule has 26 heavy (non-hydrogen) atoms. The molecule has 0 saturated heterocycles. The molecule has 0 aliphatic carbocycles. The van der Waals surface area contributed by atoms with Gasteiger partial charge < -0.3 is 25.0 Å². The highest BCUT2D eigenvalue weighted by molar-refractivity contribution is 5.67. The summed E-state index contributed by atoms with van der Waals surface area (Å²) in [6.07, 6.45) is -3.12. The largest absolute Gasteiger partial charge is 0.493 e. The monoisotopic (exact) mass is 363 g/mol. The van der Waals surface area contributed by atoms with Crippen molar-refractivity contribution in [2.45, 2.75) is 25.2 Å². The Morgan fingerprint density at radius 1 is 1.15 bits per heavy atom. The summed E-state index contributed by atoms with van der Waals surface area (Å²) in [5.74, 6) is -0.742. The summed E-state index contributed by atoms with van der Waals surface area (Å²) in [6, 6.07) is 13.3. The minimum Gasteiger partial charge on any atom is -0.493 e. The van der Waals surface area contributed by atoms with E-state index < -0.39 is 24.1 Å². The van der Waals surface area contributed by atoms with Crippen LogP contribution in [0.4, 0.5) is 9.18 Å². The van der Waals surface area contributed by atoms with Gasteiger partial charge >= 0.3 is 6.09 Å². The van der Waals surface area contributed by atoms with Crippen molar-refractivity contribution in [2.75, 3.05) is 13.7 Å². The number of hydrogen-bond acceptors (Lipinski definition) is 5. The predicted molar refractivity (Wildman–Crippen MR) is 93.2 cm³/mol. The number of carbonyl (C=O) groups is 1. The lowest BCUT2D eigenvalue weighted by Crippen LogP contribution is -2.30. The van der Waals surface area contributed by atoms with Crippen LogP contribution < -0.4 is 10.1 Å².